The Labute approximate surface area is 209 Å². The summed E-state index contributed by atoms with van der Waals surface area (Å²) in [6, 6.07) is 44.0. The summed E-state index contributed by atoms with van der Waals surface area (Å²) in [6.07, 6.45) is 0. The minimum absolute atomic E-state index is 0.0418. The molecule has 0 bridgehead atoms. The molecule has 0 fully saturated rings. The van der Waals surface area contributed by atoms with E-state index < -0.39 is 0 Å². The molecular formula is C33H28BN. The standard InChI is InChI=1S/C33H28BN/c1-33(2)30-14-8-6-13-28(30)29-21-20-26(22-31(29)33)35(25-18-16-24(34)17-19-25)32-15-9-7-12-27(32)23-10-4-3-5-11-23/h3-22H,34H2,1-2H3. The summed E-state index contributed by atoms with van der Waals surface area (Å²) in [5.74, 6) is 0. The third kappa shape index (κ3) is 3.57. The summed E-state index contributed by atoms with van der Waals surface area (Å²) in [6.45, 7) is 4.69. The maximum absolute atomic E-state index is 2.40. The van der Waals surface area contributed by atoms with Gasteiger partial charge in [0.25, 0.3) is 0 Å². The molecule has 0 spiro atoms. The molecule has 0 aromatic heterocycles. The molecule has 0 saturated heterocycles. The Hall–Kier alpha value is -4.04. The molecule has 0 saturated carbocycles. The predicted molar refractivity (Wildman–Crippen MR) is 152 cm³/mol. The molecule has 1 aliphatic carbocycles. The van der Waals surface area contributed by atoms with Crippen LogP contribution in [0.15, 0.2) is 121 Å². The van der Waals surface area contributed by atoms with Gasteiger partial charge in [-0.2, -0.15) is 0 Å². The van der Waals surface area contributed by atoms with Gasteiger partial charge in [-0.3, -0.25) is 0 Å². The van der Waals surface area contributed by atoms with E-state index in [4.69, 9.17) is 0 Å². The first-order valence-corrected chi connectivity index (χ1v) is 12.3. The third-order valence-electron chi connectivity index (χ3n) is 7.35. The fourth-order valence-corrected chi connectivity index (χ4v) is 5.48. The Kier molecular flexibility index (Phi) is 5.11. The first-order chi connectivity index (χ1) is 17.0. The number of benzene rings is 5. The minimum Gasteiger partial charge on any atom is -0.310 e. The maximum atomic E-state index is 2.40. The average molecular weight is 449 g/mol. The summed E-state index contributed by atoms with van der Waals surface area (Å²) in [4.78, 5) is 2.40. The quantitative estimate of drug-likeness (QED) is 0.259. The summed E-state index contributed by atoms with van der Waals surface area (Å²) in [7, 11) is 2.14. The molecule has 0 atom stereocenters. The van der Waals surface area contributed by atoms with Crippen LogP contribution in [0.3, 0.4) is 0 Å². The fourth-order valence-electron chi connectivity index (χ4n) is 5.48. The van der Waals surface area contributed by atoms with Gasteiger partial charge in [-0.05, 0) is 58.1 Å². The average Bonchev–Trinajstić information content (AvgIpc) is 3.13. The van der Waals surface area contributed by atoms with Gasteiger partial charge in [0.05, 0.1) is 5.69 Å². The highest BCUT2D eigenvalue weighted by atomic mass is 15.1. The van der Waals surface area contributed by atoms with Crippen LogP contribution in [0.1, 0.15) is 25.0 Å². The van der Waals surface area contributed by atoms with Crippen molar-refractivity contribution in [1.82, 2.24) is 0 Å². The second-order valence-corrected chi connectivity index (χ2v) is 9.95. The van der Waals surface area contributed by atoms with E-state index in [0.717, 1.165) is 5.69 Å². The van der Waals surface area contributed by atoms with Crippen molar-refractivity contribution in [2.24, 2.45) is 0 Å². The Bertz CT molecular complexity index is 1520. The third-order valence-corrected chi connectivity index (χ3v) is 7.35. The number of fused-ring (bicyclic) bond motifs is 3. The van der Waals surface area contributed by atoms with E-state index in [1.807, 2.05) is 0 Å². The van der Waals surface area contributed by atoms with Gasteiger partial charge >= 0.3 is 0 Å². The van der Waals surface area contributed by atoms with Gasteiger partial charge in [0.1, 0.15) is 7.85 Å². The molecule has 35 heavy (non-hydrogen) atoms. The van der Waals surface area contributed by atoms with Gasteiger partial charge in [-0.25, -0.2) is 0 Å². The Morgan fingerprint density at radius 3 is 1.91 bits per heavy atom. The van der Waals surface area contributed by atoms with Gasteiger partial charge in [0.2, 0.25) is 0 Å². The van der Waals surface area contributed by atoms with Crippen molar-refractivity contribution < 1.29 is 0 Å². The van der Waals surface area contributed by atoms with Crippen LogP contribution in [0.4, 0.5) is 17.1 Å². The molecule has 1 nitrogen and oxygen atoms in total. The van der Waals surface area contributed by atoms with Crippen LogP contribution in [0.25, 0.3) is 22.3 Å². The van der Waals surface area contributed by atoms with Crippen molar-refractivity contribution in [2.75, 3.05) is 4.90 Å². The van der Waals surface area contributed by atoms with E-state index in [0.29, 0.717) is 0 Å². The molecule has 0 unspecified atom stereocenters. The van der Waals surface area contributed by atoms with E-state index >= 15 is 0 Å². The Morgan fingerprint density at radius 1 is 0.543 bits per heavy atom. The highest BCUT2D eigenvalue weighted by Crippen LogP contribution is 2.51. The molecule has 0 amide bonds. The number of para-hydroxylation sites is 1. The number of hydrogen-bond acceptors (Lipinski definition) is 1. The van der Waals surface area contributed by atoms with Crippen molar-refractivity contribution in [3.05, 3.63) is 132 Å². The molecule has 0 aliphatic heterocycles. The molecule has 0 radical (unpaired) electrons. The van der Waals surface area contributed by atoms with Crippen LogP contribution in [0.2, 0.25) is 0 Å². The number of anilines is 3. The van der Waals surface area contributed by atoms with Crippen molar-refractivity contribution in [2.45, 2.75) is 19.3 Å². The van der Waals surface area contributed by atoms with Crippen LogP contribution in [0, 0.1) is 0 Å². The van der Waals surface area contributed by atoms with Crippen molar-refractivity contribution in [3.8, 4) is 22.3 Å². The summed E-state index contributed by atoms with van der Waals surface area (Å²) in [5.41, 5.74) is 12.6. The lowest BCUT2D eigenvalue weighted by Crippen LogP contribution is -2.17. The monoisotopic (exact) mass is 449 g/mol. The van der Waals surface area contributed by atoms with Crippen LogP contribution in [-0.4, -0.2) is 7.85 Å². The predicted octanol–water partition coefficient (Wildman–Crippen LogP) is 7.39. The Balaban J connectivity index is 1.57. The topological polar surface area (TPSA) is 3.24 Å². The molecule has 1 aliphatic rings. The lowest BCUT2D eigenvalue weighted by Gasteiger charge is -2.30. The molecule has 2 heteroatoms. The fraction of sp³-hybridized carbons (Fsp3) is 0.0909. The van der Waals surface area contributed by atoms with Crippen LogP contribution >= 0.6 is 0 Å². The van der Waals surface area contributed by atoms with Crippen LogP contribution in [-0.2, 0) is 5.41 Å². The Morgan fingerprint density at radius 2 is 1.14 bits per heavy atom. The number of rotatable bonds is 4. The van der Waals surface area contributed by atoms with E-state index in [9.17, 15) is 0 Å². The lowest BCUT2D eigenvalue weighted by atomic mass is 9.82. The molecule has 5 aromatic carbocycles. The number of hydrogen-bond donors (Lipinski definition) is 0. The highest BCUT2D eigenvalue weighted by Gasteiger charge is 2.35. The van der Waals surface area contributed by atoms with Gasteiger partial charge < -0.3 is 4.90 Å². The van der Waals surface area contributed by atoms with Gasteiger partial charge in [-0.15, -0.1) is 0 Å². The largest absolute Gasteiger partial charge is 0.310 e. The van der Waals surface area contributed by atoms with Crippen molar-refractivity contribution >= 4 is 30.4 Å². The van der Waals surface area contributed by atoms with E-state index in [-0.39, 0.29) is 5.41 Å². The molecule has 5 aromatic rings. The summed E-state index contributed by atoms with van der Waals surface area (Å²) >= 11 is 0. The lowest BCUT2D eigenvalue weighted by molar-refractivity contribution is 0.660. The molecule has 0 N–H and O–H groups in total. The molecule has 168 valence electrons. The molecular weight excluding hydrogens is 421 g/mol. The minimum atomic E-state index is -0.0418. The van der Waals surface area contributed by atoms with E-state index in [2.05, 4.69) is 148 Å². The first-order valence-electron chi connectivity index (χ1n) is 12.3. The molecule has 0 heterocycles. The zero-order valence-corrected chi connectivity index (χ0v) is 20.5. The zero-order valence-electron chi connectivity index (χ0n) is 20.5. The van der Waals surface area contributed by atoms with Crippen LogP contribution < -0.4 is 10.4 Å². The highest BCUT2D eigenvalue weighted by molar-refractivity contribution is 6.32. The van der Waals surface area contributed by atoms with Crippen molar-refractivity contribution in [1.29, 1.82) is 0 Å². The van der Waals surface area contributed by atoms with Crippen molar-refractivity contribution in [3.63, 3.8) is 0 Å². The van der Waals surface area contributed by atoms with Gasteiger partial charge in [0.15, 0.2) is 0 Å². The second-order valence-electron chi connectivity index (χ2n) is 9.95. The van der Waals surface area contributed by atoms with E-state index in [1.165, 1.54) is 50.2 Å². The first kappa shape index (κ1) is 21.5. The SMILES string of the molecule is Bc1ccc(N(c2ccc3c(c2)C(C)(C)c2ccccc2-3)c2ccccc2-c2ccccc2)cc1. The normalized spacial score (nSPS) is 13.2. The second kappa shape index (κ2) is 8.32. The smallest absolute Gasteiger partial charge is 0.139 e. The maximum Gasteiger partial charge on any atom is 0.139 e. The van der Waals surface area contributed by atoms with Gasteiger partial charge in [0, 0.05) is 22.4 Å². The zero-order chi connectivity index (χ0) is 24.0. The van der Waals surface area contributed by atoms with E-state index in [1.54, 1.807) is 0 Å². The van der Waals surface area contributed by atoms with Gasteiger partial charge in [-0.1, -0.05) is 110 Å². The summed E-state index contributed by atoms with van der Waals surface area (Å²) < 4.78 is 0. The summed E-state index contributed by atoms with van der Waals surface area (Å²) in [5, 5.41) is 0. The van der Waals surface area contributed by atoms with Crippen LogP contribution in [0.5, 0.6) is 0 Å². The number of nitrogens with zero attached hydrogens (tertiary/aromatic N) is 1. The molecule has 6 rings (SSSR count).